The summed E-state index contributed by atoms with van der Waals surface area (Å²) in [5, 5.41) is 12.2. The van der Waals surface area contributed by atoms with Crippen molar-refractivity contribution in [1.29, 1.82) is 0 Å². The topological polar surface area (TPSA) is 36.4 Å². The fraction of sp³-hybridized carbons (Fsp3) is 0.700. The first-order chi connectivity index (χ1) is 6.85. The van der Waals surface area contributed by atoms with E-state index in [2.05, 4.69) is 22.2 Å². The highest BCUT2D eigenvalue weighted by Crippen LogP contribution is 2.33. The Labute approximate surface area is 88.4 Å². The standard InChI is InChI=1S/C10H16N2OS/c1-2-8-7-14-10(11-8)12(5-6-13)9-3-4-9/h7,9,13H,2-6H2,1H3. The molecule has 0 atom stereocenters. The van der Waals surface area contributed by atoms with Gasteiger partial charge in [-0.3, -0.25) is 0 Å². The van der Waals surface area contributed by atoms with Crippen molar-refractivity contribution in [3.05, 3.63) is 11.1 Å². The summed E-state index contributed by atoms with van der Waals surface area (Å²) in [6.45, 7) is 3.06. The van der Waals surface area contributed by atoms with Gasteiger partial charge < -0.3 is 10.0 Å². The molecule has 4 heteroatoms. The zero-order chi connectivity index (χ0) is 9.97. The fourth-order valence-electron chi connectivity index (χ4n) is 1.52. The number of nitrogens with zero attached hydrogens (tertiary/aromatic N) is 2. The molecule has 78 valence electrons. The van der Waals surface area contributed by atoms with E-state index in [1.807, 2.05) is 0 Å². The highest BCUT2D eigenvalue weighted by Gasteiger charge is 2.30. The minimum atomic E-state index is 0.220. The van der Waals surface area contributed by atoms with Crippen molar-refractivity contribution < 1.29 is 5.11 Å². The zero-order valence-corrected chi connectivity index (χ0v) is 9.26. The minimum absolute atomic E-state index is 0.220. The van der Waals surface area contributed by atoms with Crippen LogP contribution in [0.1, 0.15) is 25.5 Å². The zero-order valence-electron chi connectivity index (χ0n) is 8.44. The normalized spacial score (nSPS) is 15.9. The van der Waals surface area contributed by atoms with Crippen LogP contribution in [0, 0.1) is 0 Å². The number of thiazole rings is 1. The van der Waals surface area contributed by atoms with Crippen LogP contribution in [0.3, 0.4) is 0 Å². The molecule has 0 saturated heterocycles. The van der Waals surface area contributed by atoms with Crippen LogP contribution in [-0.4, -0.2) is 29.3 Å². The molecule has 0 bridgehead atoms. The molecule has 0 aromatic carbocycles. The van der Waals surface area contributed by atoms with Crippen LogP contribution < -0.4 is 4.90 Å². The average molecular weight is 212 g/mol. The maximum Gasteiger partial charge on any atom is 0.185 e. The van der Waals surface area contributed by atoms with Crippen molar-refractivity contribution >= 4 is 16.5 Å². The smallest absolute Gasteiger partial charge is 0.185 e. The Kier molecular flexibility index (Phi) is 3.03. The fourth-order valence-corrected chi connectivity index (χ4v) is 2.53. The molecule has 14 heavy (non-hydrogen) atoms. The van der Waals surface area contributed by atoms with E-state index in [4.69, 9.17) is 5.11 Å². The SMILES string of the molecule is CCc1csc(N(CCO)C2CC2)n1. The quantitative estimate of drug-likeness (QED) is 0.806. The van der Waals surface area contributed by atoms with E-state index in [0.717, 1.165) is 23.8 Å². The molecule has 1 aliphatic rings. The molecule has 1 saturated carbocycles. The largest absolute Gasteiger partial charge is 0.395 e. The summed E-state index contributed by atoms with van der Waals surface area (Å²) in [5.41, 5.74) is 1.16. The lowest BCUT2D eigenvalue weighted by atomic mass is 10.4. The van der Waals surface area contributed by atoms with E-state index in [9.17, 15) is 0 Å². The molecule has 1 heterocycles. The molecule has 0 aliphatic heterocycles. The molecule has 0 spiro atoms. The second-order valence-corrected chi connectivity index (χ2v) is 4.46. The van der Waals surface area contributed by atoms with Gasteiger partial charge in [-0.1, -0.05) is 6.92 Å². The monoisotopic (exact) mass is 212 g/mol. The van der Waals surface area contributed by atoms with Crippen molar-refractivity contribution in [2.75, 3.05) is 18.1 Å². The highest BCUT2D eigenvalue weighted by atomic mass is 32.1. The van der Waals surface area contributed by atoms with Crippen LogP contribution in [0.2, 0.25) is 0 Å². The minimum Gasteiger partial charge on any atom is -0.395 e. The first-order valence-electron chi connectivity index (χ1n) is 5.17. The van der Waals surface area contributed by atoms with Gasteiger partial charge in [0.1, 0.15) is 0 Å². The van der Waals surface area contributed by atoms with Gasteiger partial charge in [0, 0.05) is 18.0 Å². The number of aryl methyl sites for hydroxylation is 1. The van der Waals surface area contributed by atoms with Gasteiger partial charge in [0.2, 0.25) is 0 Å². The first kappa shape index (κ1) is 9.93. The van der Waals surface area contributed by atoms with Gasteiger partial charge in [-0.2, -0.15) is 0 Å². The predicted molar refractivity (Wildman–Crippen MR) is 58.9 cm³/mol. The molecule has 3 nitrogen and oxygen atoms in total. The predicted octanol–water partition coefficient (Wildman–Crippen LogP) is 1.67. The van der Waals surface area contributed by atoms with E-state index < -0.39 is 0 Å². The summed E-state index contributed by atoms with van der Waals surface area (Å²) in [4.78, 5) is 6.78. The van der Waals surface area contributed by atoms with Crippen LogP contribution in [0.5, 0.6) is 0 Å². The lowest BCUT2D eigenvalue weighted by Crippen LogP contribution is -2.28. The van der Waals surface area contributed by atoms with Gasteiger partial charge in [0.15, 0.2) is 5.13 Å². The number of aliphatic hydroxyl groups excluding tert-OH is 1. The molecule has 1 N–H and O–H groups in total. The molecule has 1 aliphatic carbocycles. The Morgan fingerprint density at radius 3 is 2.93 bits per heavy atom. The van der Waals surface area contributed by atoms with Crippen molar-refractivity contribution in [3.63, 3.8) is 0 Å². The maximum absolute atomic E-state index is 8.97. The molecule has 1 fully saturated rings. The van der Waals surface area contributed by atoms with E-state index in [0.29, 0.717) is 6.04 Å². The van der Waals surface area contributed by atoms with Crippen LogP contribution >= 0.6 is 11.3 Å². The van der Waals surface area contributed by atoms with Gasteiger partial charge >= 0.3 is 0 Å². The lowest BCUT2D eigenvalue weighted by molar-refractivity contribution is 0.301. The maximum atomic E-state index is 8.97. The third-order valence-electron chi connectivity index (χ3n) is 2.48. The number of aliphatic hydroxyl groups is 1. The van der Waals surface area contributed by atoms with E-state index in [1.165, 1.54) is 12.8 Å². The number of anilines is 1. The molecular formula is C10H16N2OS. The van der Waals surface area contributed by atoms with E-state index >= 15 is 0 Å². The number of hydrogen-bond acceptors (Lipinski definition) is 4. The van der Waals surface area contributed by atoms with Crippen LogP contribution in [0.25, 0.3) is 0 Å². The Bertz CT molecular complexity index is 296. The molecule has 0 unspecified atom stereocenters. The third-order valence-corrected chi connectivity index (χ3v) is 3.40. The van der Waals surface area contributed by atoms with Crippen LogP contribution in [-0.2, 0) is 6.42 Å². The van der Waals surface area contributed by atoms with E-state index in [1.54, 1.807) is 11.3 Å². The van der Waals surface area contributed by atoms with Crippen molar-refractivity contribution in [2.24, 2.45) is 0 Å². The van der Waals surface area contributed by atoms with Crippen molar-refractivity contribution in [2.45, 2.75) is 32.2 Å². The van der Waals surface area contributed by atoms with Gasteiger partial charge in [0.05, 0.1) is 12.3 Å². The van der Waals surface area contributed by atoms with Gasteiger partial charge in [-0.25, -0.2) is 4.98 Å². The second kappa shape index (κ2) is 4.28. The molecule has 0 amide bonds. The van der Waals surface area contributed by atoms with Crippen LogP contribution in [0.4, 0.5) is 5.13 Å². The van der Waals surface area contributed by atoms with E-state index in [-0.39, 0.29) is 6.61 Å². The van der Waals surface area contributed by atoms with Crippen LogP contribution in [0.15, 0.2) is 5.38 Å². The highest BCUT2D eigenvalue weighted by molar-refractivity contribution is 7.13. The Morgan fingerprint density at radius 1 is 1.64 bits per heavy atom. The summed E-state index contributed by atoms with van der Waals surface area (Å²) >= 11 is 1.69. The summed E-state index contributed by atoms with van der Waals surface area (Å²) < 4.78 is 0. The Hall–Kier alpha value is -0.610. The summed E-state index contributed by atoms with van der Waals surface area (Å²) in [6.07, 6.45) is 3.50. The van der Waals surface area contributed by atoms with Gasteiger partial charge in [0.25, 0.3) is 0 Å². The van der Waals surface area contributed by atoms with Crippen molar-refractivity contribution in [3.8, 4) is 0 Å². The Balaban J connectivity index is 2.08. The van der Waals surface area contributed by atoms with Gasteiger partial charge in [-0.15, -0.1) is 11.3 Å². The lowest BCUT2D eigenvalue weighted by Gasteiger charge is -2.19. The summed E-state index contributed by atoms with van der Waals surface area (Å²) in [6, 6.07) is 0.637. The average Bonchev–Trinajstić information content (AvgIpc) is 2.92. The first-order valence-corrected chi connectivity index (χ1v) is 6.05. The molecular weight excluding hydrogens is 196 g/mol. The third kappa shape index (κ3) is 2.07. The number of rotatable bonds is 5. The van der Waals surface area contributed by atoms with Crippen molar-refractivity contribution in [1.82, 2.24) is 4.98 Å². The molecule has 1 aromatic heterocycles. The summed E-state index contributed by atoms with van der Waals surface area (Å²) in [5.74, 6) is 0. The van der Waals surface area contributed by atoms with Gasteiger partial charge in [-0.05, 0) is 19.3 Å². The number of aromatic nitrogens is 1. The number of hydrogen-bond donors (Lipinski definition) is 1. The summed E-state index contributed by atoms with van der Waals surface area (Å²) in [7, 11) is 0. The second-order valence-electron chi connectivity index (χ2n) is 3.62. The molecule has 2 rings (SSSR count). The molecule has 1 aromatic rings. The molecule has 0 radical (unpaired) electrons. The Morgan fingerprint density at radius 2 is 2.43 bits per heavy atom.